The second kappa shape index (κ2) is 8.26. The first-order valence-electron chi connectivity index (χ1n) is 6.26. The maximum absolute atomic E-state index is 12.0. The molecule has 5 nitrogen and oxygen atoms in total. The smallest absolute Gasteiger partial charge is 0.307 e. The van der Waals surface area contributed by atoms with Gasteiger partial charge in [-0.05, 0) is 31.6 Å². The Hall–Kier alpha value is -1.88. The normalized spacial score (nSPS) is 10.0. The predicted molar refractivity (Wildman–Crippen MR) is 73.0 cm³/mol. The molecule has 1 amide bonds. The Morgan fingerprint density at radius 1 is 1.21 bits per heavy atom. The van der Waals surface area contributed by atoms with Crippen molar-refractivity contribution >= 4 is 11.9 Å². The van der Waals surface area contributed by atoms with Gasteiger partial charge >= 0.3 is 5.97 Å². The minimum Gasteiger partial charge on any atom is -0.469 e. The minimum atomic E-state index is -0.330. The van der Waals surface area contributed by atoms with Crippen LogP contribution < -0.4 is 10.6 Å². The second-order valence-corrected chi connectivity index (χ2v) is 4.09. The highest BCUT2D eigenvalue weighted by Crippen LogP contribution is 2.09. The number of hydrogen-bond donors (Lipinski definition) is 2. The van der Waals surface area contributed by atoms with Crippen LogP contribution in [0.3, 0.4) is 0 Å². The first-order chi connectivity index (χ1) is 9.19. The monoisotopic (exact) mass is 264 g/mol. The van der Waals surface area contributed by atoms with E-state index in [0.717, 1.165) is 18.5 Å². The first kappa shape index (κ1) is 15.2. The summed E-state index contributed by atoms with van der Waals surface area (Å²) in [5, 5.41) is 5.78. The fourth-order valence-electron chi connectivity index (χ4n) is 1.69. The number of hydrogen-bond acceptors (Lipinski definition) is 4. The average molecular weight is 264 g/mol. The Balaban J connectivity index is 2.58. The summed E-state index contributed by atoms with van der Waals surface area (Å²) < 4.78 is 4.52. The van der Waals surface area contributed by atoms with Gasteiger partial charge in [-0.2, -0.15) is 0 Å². The van der Waals surface area contributed by atoms with Gasteiger partial charge in [0, 0.05) is 12.1 Å². The lowest BCUT2D eigenvalue weighted by Crippen LogP contribution is -2.27. The summed E-state index contributed by atoms with van der Waals surface area (Å²) >= 11 is 0. The number of carbonyl (C=O) groups is 2. The molecule has 0 bridgehead atoms. The Morgan fingerprint density at radius 3 is 2.63 bits per heavy atom. The van der Waals surface area contributed by atoms with Gasteiger partial charge in [0.25, 0.3) is 5.91 Å². The van der Waals surface area contributed by atoms with Crippen LogP contribution in [-0.4, -0.2) is 39.1 Å². The molecule has 0 unspecified atom stereocenters. The maximum atomic E-state index is 12.0. The predicted octanol–water partition coefficient (Wildman–Crippen LogP) is 0.741. The molecule has 1 aromatic rings. The van der Waals surface area contributed by atoms with Crippen molar-refractivity contribution in [2.75, 3.05) is 27.2 Å². The molecule has 0 saturated heterocycles. The van der Waals surface area contributed by atoms with Gasteiger partial charge < -0.3 is 15.4 Å². The Labute approximate surface area is 113 Å². The minimum absolute atomic E-state index is 0.157. The van der Waals surface area contributed by atoms with Gasteiger partial charge in [-0.15, -0.1) is 0 Å². The molecule has 0 heterocycles. The van der Waals surface area contributed by atoms with Crippen LogP contribution in [0.15, 0.2) is 24.3 Å². The first-order valence-corrected chi connectivity index (χ1v) is 6.26. The molecule has 0 saturated carbocycles. The Bertz CT molecular complexity index is 432. The zero-order valence-electron chi connectivity index (χ0n) is 11.4. The van der Waals surface area contributed by atoms with Gasteiger partial charge in [-0.3, -0.25) is 9.59 Å². The number of rotatable bonds is 7. The molecule has 0 aromatic heterocycles. The summed E-state index contributed by atoms with van der Waals surface area (Å²) in [7, 11) is 3.20. The van der Waals surface area contributed by atoms with Crippen molar-refractivity contribution in [3.63, 3.8) is 0 Å². The van der Waals surface area contributed by atoms with Crippen molar-refractivity contribution in [3.8, 4) is 0 Å². The van der Waals surface area contributed by atoms with Crippen LogP contribution in [0.25, 0.3) is 0 Å². The highest BCUT2D eigenvalue weighted by atomic mass is 16.5. The summed E-state index contributed by atoms with van der Waals surface area (Å²) in [4.78, 5) is 23.0. The van der Waals surface area contributed by atoms with Crippen LogP contribution in [0.5, 0.6) is 0 Å². The number of ether oxygens (including phenoxy) is 1. The maximum Gasteiger partial charge on any atom is 0.307 e. The molecule has 0 fully saturated rings. The van der Waals surface area contributed by atoms with Crippen molar-refractivity contribution < 1.29 is 14.3 Å². The lowest BCUT2D eigenvalue weighted by molar-refractivity contribution is -0.140. The van der Waals surface area contributed by atoms with Gasteiger partial charge in [0.05, 0.1) is 13.5 Å². The summed E-state index contributed by atoms with van der Waals surface area (Å²) in [6, 6.07) is 7.47. The molecule has 0 aliphatic rings. The van der Waals surface area contributed by atoms with Crippen LogP contribution in [0.2, 0.25) is 0 Å². The second-order valence-electron chi connectivity index (χ2n) is 4.09. The molecular weight excluding hydrogens is 244 g/mol. The van der Waals surface area contributed by atoms with E-state index in [4.69, 9.17) is 0 Å². The third-order valence-corrected chi connectivity index (χ3v) is 2.75. The highest BCUT2D eigenvalue weighted by molar-refractivity contribution is 5.95. The summed E-state index contributed by atoms with van der Waals surface area (Å²) in [5.41, 5.74) is 1.65. The largest absolute Gasteiger partial charge is 0.469 e. The van der Waals surface area contributed by atoms with Crippen LogP contribution in [0.1, 0.15) is 22.3 Å². The molecule has 2 N–H and O–H groups in total. The Kier molecular flexibility index (Phi) is 6.60. The molecule has 0 aliphatic heterocycles. The molecule has 0 spiro atoms. The zero-order chi connectivity index (χ0) is 14.1. The van der Waals surface area contributed by atoms with E-state index in [0.29, 0.717) is 5.56 Å². The van der Waals surface area contributed by atoms with Crippen LogP contribution >= 0.6 is 0 Å². The third-order valence-electron chi connectivity index (χ3n) is 2.75. The van der Waals surface area contributed by atoms with Crippen LogP contribution in [0.4, 0.5) is 0 Å². The molecule has 0 radical (unpaired) electrons. The van der Waals surface area contributed by atoms with E-state index < -0.39 is 0 Å². The lowest BCUT2D eigenvalue weighted by Gasteiger charge is -2.09. The van der Waals surface area contributed by atoms with E-state index in [1.54, 1.807) is 6.07 Å². The number of methoxy groups -OCH3 is 1. The van der Waals surface area contributed by atoms with Gasteiger partial charge in [0.15, 0.2) is 0 Å². The molecular formula is C14H20N2O3. The zero-order valence-corrected chi connectivity index (χ0v) is 11.4. The van der Waals surface area contributed by atoms with Gasteiger partial charge in [0.1, 0.15) is 0 Å². The van der Waals surface area contributed by atoms with Gasteiger partial charge in [-0.25, -0.2) is 0 Å². The number of esters is 1. The number of carbonyl (C=O) groups excluding carboxylic acids is 2. The van der Waals surface area contributed by atoms with Crippen molar-refractivity contribution in [1.29, 1.82) is 0 Å². The van der Waals surface area contributed by atoms with Crippen LogP contribution in [0, 0.1) is 0 Å². The fourth-order valence-corrected chi connectivity index (χ4v) is 1.69. The third kappa shape index (κ3) is 5.09. The molecule has 0 atom stereocenters. The molecule has 1 rings (SSSR count). The molecule has 1 aromatic carbocycles. The number of likely N-dealkylation sites (N-methyl/N-ethyl adjacent to an activating group) is 1. The van der Waals surface area contributed by atoms with E-state index in [1.165, 1.54) is 7.11 Å². The standard InChI is InChI=1S/C14H20N2O3/c1-15-9-7-11-5-3-4-6-12(11)14(18)16-10-8-13(17)19-2/h3-6,15H,7-10H2,1-2H3,(H,16,18). The van der Waals surface area contributed by atoms with E-state index in [9.17, 15) is 9.59 Å². The number of nitrogens with one attached hydrogen (secondary N) is 2. The van der Waals surface area contributed by atoms with E-state index in [2.05, 4.69) is 15.4 Å². The summed E-state index contributed by atoms with van der Waals surface area (Å²) in [6.45, 7) is 1.10. The highest BCUT2D eigenvalue weighted by Gasteiger charge is 2.10. The topological polar surface area (TPSA) is 67.4 Å². The van der Waals surface area contributed by atoms with Crippen LogP contribution in [-0.2, 0) is 16.0 Å². The quantitative estimate of drug-likeness (QED) is 0.713. The van der Waals surface area contributed by atoms with E-state index >= 15 is 0 Å². The summed E-state index contributed by atoms with van der Waals surface area (Å²) in [5.74, 6) is -0.487. The summed E-state index contributed by atoms with van der Waals surface area (Å²) in [6.07, 6.45) is 0.970. The molecule has 0 aliphatic carbocycles. The molecule has 104 valence electrons. The van der Waals surface area contributed by atoms with E-state index in [1.807, 2.05) is 25.2 Å². The van der Waals surface area contributed by atoms with Gasteiger partial charge in [-0.1, -0.05) is 18.2 Å². The molecule has 5 heteroatoms. The lowest BCUT2D eigenvalue weighted by atomic mass is 10.0. The molecule has 19 heavy (non-hydrogen) atoms. The van der Waals surface area contributed by atoms with Crippen molar-refractivity contribution in [3.05, 3.63) is 35.4 Å². The Morgan fingerprint density at radius 2 is 1.95 bits per heavy atom. The van der Waals surface area contributed by atoms with Crippen molar-refractivity contribution in [2.24, 2.45) is 0 Å². The van der Waals surface area contributed by atoms with Crippen molar-refractivity contribution in [1.82, 2.24) is 10.6 Å². The number of benzene rings is 1. The fraction of sp³-hybridized carbons (Fsp3) is 0.429. The van der Waals surface area contributed by atoms with Crippen molar-refractivity contribution in [2.45, 2.75) is 12.8 Å². The van der Waals surface area contributed by atoms with E-state index in [-0.39, 0.29) is 24.8 Å². The average Bonchev–Trinajstić information content (AvgIpc) is 2.45. The van der Waals surface area contributed by atoms with Gasteiger partial charge in [0.2, 0.25) is 0 Å². The SMILES string of the molecule is CNCCc1ccccc1C(=O)NCCC(=O)OC. The number of amides is 1.